The molecule has 0 bridgehead atoms. The van der Waals surface area contributed by atoms with Gasteiger partial charge in [0.2, 0.25) is 0 Å². The lowest BCUT2D eigenvalue weighted by Crippen LogP contribution is -2.42. The van der Waals surface area contributed by atoms with E-state index in [1.807, 2.05) is 92.4 Å². The summed E-state index contributed by atoms with van der Waals surface area (Å²) in [5.41, 5.74) is 3.75. The topological polar surface area (TPSA) is 120 Å². The van der Waals surface area contributed by atoms with Gasteiger partial charge in [0, 0.05) is 60.1 Å². The molecule has 4 heterocycles. The Morgan fingerprint density at radius 3 is 2.40 bits per heavy atom. The molecule has 5 aromatic rings. The first kappa shape index (κ1) is 29.7. The molecule has 6 rings (SSSR count). The van der Waals surface area contributed by atoms with Crippen molar-refractivity contribution in [3.63, 3.8) is 0 Å². The molecule has 230 valence electrons. The van der Waals surface area contributed by atoms with Crippen molar-refractivity contribution >= 4 is 17.6 Å². The van der Waals surface area contributed by atoms with Gasteiger partial charge in [0.1, 0.15) is 5.60 Å². The van der Waals surface area contributed by atoms with E-state index in [-0.39, 0.29) is 17.7 Å². The van der Waals surface area contributed by atoms with Crippen LogP contribution in [0, 0.1) is 0 Å². The fraction of sp³-hybridized carbons (Fsp3) is 0.294. The number of hydrogen-bond acceptors (Lipinski definition) is 8. The van der Waals surface area contributed by atoms with Crippen LogP contribution in [0.5, 0.6) is 0 Å². The van der Waals surface area contributed by atoms with E-state index < -0.39 is 5.60 Å². The molecule has 1 aliphatic heterocycles. The first-order valence-corrected chi connectivity index (χ1v) is 15.0. The molecule has 3 aromatic heterocycles. The molecule has 0 radical (unpaired) electrons. The maximum atomic E-state index is 12.6. The van der Waals surface area contributed by atoms with Crippen LogP contribution >= 0.6 is 0 Å². The monoisotopic (exact) mass is 604 g/mol. The number of piperidine rings is 1. The first-order chi connectivity index (χ1) is 21.7. The highest BCUT2D eigenvalue weighted by Gasteiger charge is 2.28. The minimum absolute atomic E-state index is 0.186. The third-order valence-electron chi connectivity index (χ3n) is 7.51. The number of carbonyl (C=O) groups excluding carboxylic acids is 1. The van der Waals surface area contributed by atoms with Crippen LogP contribution in [-0.2, 0) is 11.3 Å². The number of ether oxygens (including phenoxy) is 1. The second kappa shape index (κ2) is 12.7. The fourth-order valence-electron chi connectivity index (χ4n) is 5.23. The van der Waals surface area contributed by atoms with Crippen molar-refractivity contribution in [3.05, 3.63) is 107 Å². The molecule has 1 fully saturated rings. The first-order valence-electron chi connectivity index (χ1n) is 15.0. The second-order valence-corrected chi connectivity index (χ2v) is 12.1. The smallest absolute Gasteiger partial charge is 0.410 e. The Labute approximate surface area is 261 Å². The van der Waals surface area contributed by atoms with Crippen molar-refractivity contribution in [2.45, 2.75) is 51.8 Å². The predicted molar refractivity (Wildman–Crippen MR) is 172 cm³/mol. The van der Waals surface area contributed by atoms with Crippen molar-refractivity contribution < 1.29 is 9.53 Å². The van der Waals surface area contributed by atoms with Crippen molar-refractivity contribution in [2.24, 2.45) is 0 Å². The summed E-state index contributed by atoms with van der Waals surface area (Å²) in [5, 5.41) is 12.3. The quantitative estimate of drug-likeness (QED) is 0.243. The SMILES string of the molecule is CC(C)(C)OC(=O)N1CCC(n2cc(-c3cnc(-c4cccc(Cn5nc(Nc6ccccc6)ccc5=O)c4)nc3)cn2)CC1. The molecule has 11 nitrogen and oxygen atoms in total. The van der Waals surface area contributed by atoms with Crippen LogP contribution in [0.25, 0.3) is 22.5 Å². The Bertz CT molecular complexity index is 1820. The normalized spacial score (nSPS) is 13.9. The number of benzene rings is 2. The van der Waals surface area contributed by atoms with E-state index in [4.69, 9.17) is 4.74 Å². The lowest BCUT2D eigenvalue weighted by Gasteiger charge is -2.33. The Hall–Kier alpha value is -5.32. The zero-order chi connectivity index (χ0) is 31.4. The summed E-state index contributed by atoms with van der Waals surface area (Å²) < 4.78 is 8.92. The minimum Gasteiger partial charge on any atom is -0.444 e. The van der Waals surface area contributed by atoms with Gasteiger partial charge in [-0.1, -0.05) is 36.4 Å². The van der Waals surface area contributed by atoms with E-state index in [0.717, 1.165) is 40.8 Å². The highest BCUT2D eigenvalue weighted by atomic mass is 16.6. The molecule has 1 amide bonds. The van der Waals surface area contributed by atoms with Gasteiger partial charge in [0.25, 0.3) is 5.56 Å². The molecule has 2 aromatic carbocycles. The maximum Gasteiger partial charge on any atom is 0.410 e. The van der Waals surface area contributed by atoms with Gasteiger partial charge in [-0.2, -0.15) is 10.2 Å². The minimum atomic E-state index is -0.503. The van der Waals surface area contributed by atoms with Gasteiger partial charge < -0.3 is 15.0 Å². The van der Waals surface area contributed by atoms with Crippen LogP contribution in [0.1, 0.15) is 45.2 Å². The number of rotatable bonds is 7. The number of para-hydroxylation sites is 1. The van der Waals surface area contributed by atoms with E-state index in [1.54, 1.807) is 23.4 Å². The average molecular weight is 605 g/mol. The second-order valence-electron chi connectivity index (χ2n) is 12.1. The number of likely N-dealkylation sites (tertiary alicyclic amines) is 1. The molecule has 0 aliphatic carbocycles. The Kier molecular flexibility index (Phi) is 8.41. The third kappa shape index (κ3) is 7.43. The highest BCUT2D eigenvalue weighted by Crippen LogP contribution is 2.27. The summed E-state index contributed by atoms with van der Waals surface area (Å²) in [4.78, 5) is 36.0. The van der Waals surface area contributed by atoms with Gasteiger partial charge in [-0.3, -0.25) is 9.48 Å². The molecular weight excluding hydrogens is 568 g/mol. The Morgan fingerprint density at radius 1 is 0.911 bits per heavy atom. The maximum absolute atomic E-state index is 12.6. The standard InChI is InChI=1S/C34H36N8O3/c1-34(2,3)45-33(44)40-16-14-29(15-17-40)41-23-27(21-37-41)26-19-35-32(36-20-26)25-9-7-8-24(18-25)22-42-31(43)13-12-30(39-42)38-28-10-5-4-6-11-28/h4-13,18-21,23,29H,14-17,22H2,1-3H3,(H,38,39). The summed E-state index contributed by atoms with van der Waals surface area (Å²) in [7, 11) is 0. The molecule has 0 spiro atoms. The zero-order valence-corrected chi connectivity index (χ0v) is 25.6. The van der Waals surface area contributed by atoms with Gasteiger partial charge in [-0.15, -0.1) is 0 Å². The molecule has 1 aliphatic rings. The average Bonchev–Trinajstić information content (AvgIpc) is 3.53. The molecular formula is C34H36N8O3. The summed E-state index contributed by atoms with van der Waals surface area (Å²) in [5.74, 6) is 1.17. The van der Waals surface area contributed by atoms with Gasteiger partial charge >= 0.3 is 6.09 Å². The number of aromatic nitrogens is 6. The summed E-state index contributed by atoms with van der Waals surface area (Å²) >= 11 is 0. The van der Waals surface area contributed by atoms with Gasteiger partial charge in [-0.05, 0) is 63.4 Å². The van der Waals surface area contributed by atoms with Crippen LogP contribution in [0.4, 0.5) is 16.3 Å². The van der Waals surface area contributed by atoms with Crippen LogP contribution < -0.4 is 10.9 Å². The van der Waals surface area contributed by atoms with E-state index in [1.165, 1.54) is 10.7 Å². The van der Waals surface area contributed by atoms with Crippen molar-refractivity contribution in [1.82, 2.24) is 34.4 Å². The number of anilines is 2. The summed E-state index contributed by atoms with van der Waals surface area (Å²) in [6, 6.07) is 20.9. The van der Waals surface area contributed by atoms with Crippen molar-refractivity contribution in [3.8, 4) is 22.5 Å². The fourth-order valence-corrected chi connectivity index (χ4v) is 5.23. The highest BCUT2D eigenvalue weighted by molar-refractivity contribution is 5.68. The summed E-state index contributed by atoms with van der Waals surface area (Å²) in [6.45, 7) is 7.21. The predicted octanol–water partition coefficient (Wildman–Crippen LogP) is 5.93. The van der Waals surface area contributed by atoms with Gasteiger partial charge in [0.05, 0.1) is 18.8 Å². The number of carbonyl (C=O) groups is 1. The van der Waals surface area contributed by atoms with E-state index >= 15 is 0 Å². The molecule has 11 heteroatoms. The third-order valence-corrected chi connectivity index (χ3v) is 7.51. The van der Waals surface area contributed by atoms with Gasteiger partial charge in [0.15, 0.2) is 11.6 Å². The Balaban J connectivity index is 1.10. The number of nitrogens with one attached hydrogen (secondary N) is 1. The molecule has 1 N–H and O–H groups in total. The van der Waals surface area contributed by atoms with Crippen LogP contribution in [-0.4, -0.2) is 59.2 Å². The lowest BCUT2D eigenvalue weighted by molar-refractivity contribution is 0.0185. The number of amides is 1. The number of hydrogen-bond donors (Lipinski definition) is 1. The van der Waals surface area contributed by atoms with E-state index in [2.05, 4.69) is 25.5 Å². The molecule has 1 saturated heterocycles. The van der Waals surface area contributed by atoms with Crippen LogP contribution in [0.15, 0.2) is 96.3 Å². The molecule has 0 saturated carbocycles. The Morgan fingerprint density at radius 2 is 1.67 bits per heavy atom. The molecule has 0 unspecified atom stereocenters. The van der Waals surface area contributed by atoms with Crippen molar-refractivity contribution in [2.75, 3.05) is 18.4 Å². The zero-order valence-electron chi connectivity index (χ0n) is 25.6. The number of nitrogens with zero attached hydrogens (tertiary/aromatic N) is 7. The van der Waals surface area contributed by atoms with Crippen LogP contribution in [0.2, 0.25) is 0 Å². The molecule has 45 heavy (non-hydrogen) atoms. The van der Waals surface area contributed by atoms with Crippen LogP contribution in [0.3, 0.4) is 0 Å². The largest absolute Gasteiger partial charge is 0.444 e. The van der Waals surface area contributed by atoms with E-state index in [9.17, 15) is 9.59 Å². The van der Waals surface area contributed by atoms with Crippen molar-refractivity contribution in [1.29, 1.82) is 0 Å². The van der Waals surface area contributed by atoms with Gasteiger partial charge in [-0.25, -0.2) is 19.4 Å². The van der Waals surface area contributed by atoms with E-state index in [0.29, 0.717) is 31.3 Å². The summed E-state index contributed by atoms with van der Waals surface area (Å²) in [6.07, 6.45) is 8.78. The molecule has 0 atom stereocenters. The lowest BCUT2D eigenvalue weighted by atomic mass is 10.1.